The maximum Gasteiger partial charge on any atom is 2.00 e. The first-order valence-corrected chi connectivity index (χ1v) is 15.7. The van der Waals surface area contributed by atoms with Gasteiger partial charge in [-0.05, 0) is 23.5 Å². The fraction of sp³-hybridized carbons (Fsp3) is 0. The Morgan fingerprint density at radius 1 is 0.489 bits per heavy atom. The Hall–Kier alpha value is -3.96. The van der Waals surface area contributed by atoms with Crippen LogP contribution in [0.1, 0.15) is 0 Å². The summed E-state index contributed by atoms with van der Waals surface area (Å²) in [6.07, 6.45) is 6.60. The summed E-state index contributed by atoms with van der Waals surface area (Å²) in [5.74, 6) is 0.509. The molecule has 0 fully saturated rings. The Morgan fingerprint density at radius 2 is 0.979 bits per heavy atom. The summed E-state index contributed by atoms with van der Waals surface area (Å²) in [6.45, 7) is 0. The fourth-order valence-electron chi connectivity index (χ4n) is 5.09. The van der Waals surface area contributed by atoms with Gasteiger partial charge in [-0.1, -0.05) is 45.1 Å². The molecule has 4 aromatic carbocycles. The van der Waals surface area contributed by atoms with Gasteiger partial charge in [0.15, 0.2) is 0 Å². The van der Waals surface area contributed by atoms with Crippen LogP contribution in [-0.4, -0.2) is 29.5 Å². The van der Waals surface area contributed by atoms with Gasteiger partial charge in [0.2, 0.25) is 5.95 Å². The van der Waals surface area contributed by atoms with E-state index in [0.29, 0.717) is 5.95 Å². The standard InChI is InChI=1S/C37H20N6S2.Pd.Pt/c1-3-17-39-33(11-1)25-7-5-9-27(19-25)44-29-13-15-31-32-16-14-30(22-36(32)43(35(31)21-29)37-41-23-38-24-42-37)45-28-10-6-8-26(20-28)34-12-2-4-18-40-34;;/h1-18,23-24H;;/q-4;2*+2. The fourth-order valence-corrected chi connectivity index (χ4v) is 6.75. The molecule has 0 aliphatic rings. The van der Waals surface area contributed by atoms with Gasteiger partial charge < -0.3 is 14.5 Å². The molecule has 0 aliphatic heterocycles. The minimum absolute atomic E-state index is 0. The average molecular weight is 914 g/mol. The van der Waals surface area contributed by atoms with Crippen LogP contribution >= 0.6 is 23.5 Å². The van der Waals surface area contributed by atoms with Gasteiger partial charge in [-0.15, -0.1) is 105 Å². The van der Waals surface area contributed by atoms with E-state index in [-0.39, 0.29) is 41.5 Å². The van der Waals surface area contributed by atoms with Crippen molar-refractivity contribution >= 4 is 45.3 Å². The molecule has 0 aliphatic carbocycles. The van der Waals surface area contributed by atoms with Crippen molar-refractivity contribution in [1.29, 1.82) is 0 Å². The summed E-state index contributed by atoms with van der Waals surface area (Å²) in [4.78, 5) is 25.9. The topological polar surface area (TPSA) is 69.4 Å². The maximum absolute atomic E-state index is 4.50. The zero-order valence-electron chi connectivity index (χ0n) is 24.2. The van der Waals surface area contributed by atoms with Crippen LogP contribution in [0, 0.1) is 24.3 Å². The van der Waals surface area contributed by atoms with Crippen molar-refractivity contribution in [2.75, 3.05) is 0 Å². The molecule has 4 heterocycles. The van der Waals surface area contributed by atoms with Crippen LogP contribution in [0.4, 0.5) is 0 Å². The SMILES string of the molecule is [Pd+2].[Pt+2].[c-]1c(Sc2[c-]c3c(cc2)c2ccc(Sc4[c-]c(-c5ccccn5)ccc4)[c-]c2n3-c2ncncn2)cccc1-c1ccccn1. The van der Waals surface area contributed by atoms with E-state index in [2.05, 4.69) is 73.5 Å². The predicted molar refractivity (Wildman–Crippen MR) is 177 cm³/mol. The first-order chi connectivity index (χ1) is 22.3. The minimum atomic E-state index is 0. The Bertz CT molecular complexity index is 2140. The van der Waals surface area contributed by atoms with E-state index in [4.69, 9.17) is 0 Å². The van der Waals surface area contributed by atoms with Crippen molar-refractivity contribution in [3.63, 3.8) is 0 Å². The molecule has 8 rings (SSSR count). The molecule has 0 unspecified atom stereocenters. The van der Waals surface area contributed by atoms with Gasteiger partial charge in [-0.2, -0.15) is 35.0 Å². The third kappa shape index (κ3) is 7.01. The second kappa shape index (κ2) is 14.9. The first kappa shape index (κ1) is 33.0. The van der Waals surface area contributed by atoms with Crippen molar-refractivity contribution in [2.24, 2.45) is 0 Å². The Morgan fingerprint density at radius 3 is 1.45 bits per heavy atom. The van der Waals surface area contributed by atoms with Gasteiger partial charge in [0, 0.05) is 12.4 Å². The molecule has 8 aromatic rings. The largest absolute Gasteiger partial charge is 2.00 e. The molecule has 0 radical (unpaired) electrons. The van der Waals surface area contributed by atoms with Crippen LogP contribution < -0.4 is 0 Å². The van der Waals surface area contributed by atoms with Crippen molar-refractivity contribution in [1.82, 2.24) is 29.5 Å². The number of hydrogen-bond acceptors (Lipinski definition) is 7. The molecule has 0 amide bonds. The molecule has 6 nitrogen and oxygen atoms in total. The van der Waals surface area contributed by atoms with Crippen LogP contribution in [0.5, 0.6) is 0 Å². The van der Waals surface area contributed by atoms with Gasteiger partial charge in [0.05, 0.1) is 0 Å². The van der Waals surface area contributed by atoms with Crippen molar-refractivity contribution in [2.45, 2.75) is 19.6 Å². The molecule has 10 heteroatoms. The minimum Gasteiger partial charge on any atom is -0.328 e. The second-order valence-electron chi connectivity index (χ2n) is 9.93. The number of aromatic nitrogens is 6. The Labute approximate surface area is 308 Å². The van der Waals surface area contributed by atoms with E-state index in [9.17, 15) is 0 Å². The first-order valence-electron chi connectivity index (χ1n) is 14.1. The summed E-state index contributed by atoms with van der Waals surface area (Å²) in [6, 6.07) is 46.7. The molecule has 230 valence electrons. The van der Waals surface area contributed by atoms with E-state index < -0.39 is 0 Å². The molecule has 4 aromatic heterocycles. The Kier molecular flexibility index (Phi) is 10.4. The number of benzene rings is 4. The summed E-state index contributed by atoms with van der Waals surface area (Å²) in [5.41, 5.74) is 5.40. The molecule has 0 saturated heterocycles. The summed E-state index contributed by atoms with van der Waals surface area (Å²) in [7, 11) is 0. The normalized spacial score (nSPS) is 10.8. The van der Waals surface area contributed by atoms with Gasteiger partial charge in [0.25, 0.3) is 0 Å². The molecular formula is C37H20N6PdPtS2. The number of nitrogens with zero attached hydrogens (tertiary/aromatic N) is 6. The van der Waals surface area contributed by atoms with Crippen LogP contribution in [0.15, 0.2) is 142 Å². The monoisotopic (exact) mass is 913 g/mol. The van der Waals surface area contributed by atoms with Gasteiger partial charge in [-0.3, -0.25) is 0 Å². The molecule has 0 atom stereocenters. The summed E-state index contributed by atoms with van der Waals surface area (Å²) >= 11 is 3.20. The summed E-state index contributed by atoms with van der Waals surface area (Å²) < 4.78 is 2.00. The van der Waals surface area contributed by atoms with Crippen LogP contribution in [0.2, 0.25) is 0 Å². The summed E-state index contributed by atoms with van der Waals surface area (Å²) in [5, 5.41) is 2.08. The molecule has 0 saturated carbocycles. The van der Waals surface area contributed by atoms with Crippen LogP contribution in [0.3, 0.4) is 0 Å². The molecule has 0 N–H and O–H groups in total. The molecule has 0 spiro atoms. The van der Waals surface area contributed by atoms with Crippen molar-refractivity contribution in [3.05, 3.63) is 146 Å². The average Bonchev–Trinajstić information content (AvgIpc) is 3.42. The quantitative estimate of drug-likeness (QED) is 0.117. The molecule has 47 heavy (non-hydrogen) atoms. The van der Waals surface area contributed by atoms with E-state index in [1.54, 1.807) is 35.9 Å². The van der Waals surface area contributed by atoms with Crippen LogP contribution in [0.25, 0.3) is 50.3 Å². The second-order valence-corrected chi connectivity index (χ2v) is 12.1. The number of pyridine rings is 2. The van der Waals surface area contributed by atoms with E-state index in [1.165, 1.54) is 12.7 Å². The van der Waals surface area contributed by atoms with E-state index in [1.807, 2.05) is 77.4 Å². The Balaban J connectivity index is 0.00000193. The van der Waals surface area contributed by atoms with E-state index >= 15 is 0 Å². The molecule has 0 bridgehead atoms. The number of hydrogen-bond donors (Lipinski definition) is 0. The third-order valence-corrected chi connectivity index (χ3v) is 8.90. The van der Waals surface area contributed by atoms with Gasteiger partial charge >= 0.3 is 41.5 Å². The van der Waals surface area contributed by atoms with Gasteiger partial charge in [0.1, 0.15) is 12.7 Å². The number of fused-ring (bicyclic) bond motifs is 3. The number of rotatable bonds is 7. The zero-order chi connectivity index (χ0) is 30.0. The van der Waals surface area contributed by atoms with Gasteiger partial charge in [-0.25, -0.2) is 15.0 Å². The third-order valence-electron chi connectivity index (χ3n) is 7.07. The molecular weight excluding hydrogens is 894 g/mol. The zero-order valence-corrected chi connectivity index (χ0v) is 29.6. The predicted octanol–water partition coefficient (Wildman–Crippen LogP) is 8.59. The maximum atomic E-state index is 4.50. The van der Waals surface area contributed by atoms with E-state index in [0.717, 1.165) is 63.9 Å². The van der Waals surface area contributed by atoms with Crippen molar-refractivity contribution in [3.8, 4) is 28.5 Å². The smallest absolute Gasteiger partial charge is 0.328 e. The van der Waals surface area contributed by atoms with Crippen LogP contribution in [-0.2, 0) is 41.5 Å². The van der Waals surface area contributed by atoms with Crippen molar-refractivity contribution < 1.29 is 41.5 Å².